The van der Waals surface area contributed by atoms with Crippen molar-refractivity contribution in [2.75, 3.05) is 17.7 Å². The van der Waals surface area contributed by atoms with Crippen LogP contribution in [-0.4, -0.2) is 22.9 Å². The number of carbonyl (C=O) groups is 1. The Morgan fingerprint density at radius 2 is 2.05 bits per heavy atom. The number of hydrogen-bond donors (Lipinski definition) is 2. The number of hydrogen-bond acceptors (Lipinski definition) is 4. The molecule has 0 saturated heterocycles. The second kappa shape index (κ2) is 5.38. The first kappa shape index (κ1) is 12.9. The van der Waals surface area contributed by atoms with E-state index < -0.39 is 17.5 Å². The molecule has 0 atom stereocenters. The molecule has 0 saturated carbocycles. The van der Waals surface area contributed by atoms with Crippen molar-refractivity contribution in [3.05, 3.63) is 47.9 Å². The van der Waals surface area contributed by atoms with Crippen LogP contribution in [0.4, 0.5) is 20.3 Å². The molecule has 2 heterocycles. The lowest BCUT2D eigenvalue weighted by atomic mass is 10.2. The zero-order chi connectivity index (χ0) is 13.8. The highest BCUT2D eigenvalue weighted by Gasteiger charge is 2.16. The summed E-state index contributed by atoms with van der Waals surface area (Å²) in [6.07, 6.45) is 3.56. The first-order chi connectivity index (χ1) is 9.13. The third-order valence-electron chi connectivity index (χ3n) is 2.39. The Bertz CT molecular complexity index is 618. The van der Waals surface area contributed by atoms with Gasteiger partial charge in [0.2, 0.25) is 0 Å². The van der Waals surface area contributed by atoms with Gasteiger partial charge in [-0.05, 0) is 12.1 Å². The maximum Gasteiger partial charge on any atom is 0.258 e. The van der Waals surface area contributed by atoms with Crippen LogP contribution in [0.2, 0.25) is 0 Å². The molecule has 0 fully saturated rings. The van der Waals surface area contributed by atoms with Gasteiger partial charge in [-0.3, -0.25) is 9.78 Å². The average Bonchev–Trinajstić information content (AvgIpc) is 2.41. The average molecular weight is 264 g/mol. The van der Waals surface area contributed by atoms with E-state index in [0.717, 1.165) is 6.20 Å². The van der Waals surface area contributed by atoms with Crippen molar-refractivity contribution in [3.8, 4) is 0 Å². The Balaban J connectivity index is 2.28. The van der Waals surface area contributed by atoms with Crippen LogP contribution < -0.4 is 10.6 Å². The van der Waals surface area contributed by atoms with Crippen LogP contribution in [0, 0.1) is 11.6 Å². The summed E-state index contributed by atoms with van der Waals surface area (Å²) in [5.41, 5.74) is -0.294. The number of carbonyl (C=O) groups excluding carboxylic acids is 1. The van der Waals surface area contributed by atoms with Gasteiger partial charge in [0.1, 0.15) is 0 Å². The minimum Gasteiger partial charge on any atom is -0.371 e. The standard InChI is InChI=1S/C12H10F2N4O/c1-15-11-10(14)7(2-5-17-11)12(19)18-9-3-4-16-6-8(9)13/h2-6H,1H3,(H,15,17)(H,16,18,19). The van der Waals surface area contributed by atoms with E-state index in [-0.39, 0.29) is 17.1 Å². The van der Waals surface area contributed by atoms with E-state index in [9.17, 15) is 13.6 Å². The van der Waals surface area contributed by atoms with Gasteiger partial charge < -0.3 is 10.6 Å². The molecule has 19 heavy (non-hydrogen) atoms. The van der Waals surface area contributed by atoms with Crippen LogP contribution in [0.1, 0.15) is 10.4 Å². The van der Waals surface area contributed by atoms with Gasteiger partial charge in [-0.15, -0.1) is 0 Å². The Kier molecular flexibility index (Phi) is 3.65. The number of halogens is 2. The first-order valence-corrected chi connectivity index (χ1v) is 5.36. The predicted molar refractivity (Wildman–Crippen MR) is 65.9 cm³/mol. The zero-order valence-corrected chi connectivity index (χ0v) is 9.95. The highest BCUT2D eigenvalue weighted by atomic mass is 19.1. The molecule has 0 aliphatic rings. The second-order valence-corrected chi connectivity index (χ2v) is 3.58. The molecule has 0 bridgehead atoms. The fraction of sp³-hybridized carbons (Fsp3) is 0.0833. The van der Waals surface area contributed by atoms with Gasteiger partial charge in [0.25, 0.3) is 5.91 Å². The molecule has 5 nitrogen and oxygen atoms in total. The molecule has 2 aromatic rings. The molecule has 2 aromatic heterocycles. The van der Waals surface area contributed by atoms with Crippen LogP contribution in [0.15, 0.2) is 30.7 Å². The highest BCUT2D eigenvalue weighted by molar-refractivity contribution is 6.04. The number of aromatic nitrogens is 2. The molecule has 0 spiro atoms. The maximum atomic E-state index is 13.8. The Morgan fingerprint density at radius 1 is 1.26 bits per heavy atom. The van der Waals surface area contributed by atoms with Crippen molar-refractivity contribution in [1.82, 2.24) is 9.97 Å². The number of rotatable bonds is 3. The monoisotopic (exact) mass is 264 g/mol. The molecular formula is C12H10F2N4O. The maximum absolute atomic E-state index is 13.8. The molecule has 0 radical (unpaired) electrons. The third-order valence-corrected chi connectivity index (χ3v) is 2.39. The van der Waals surface area contributed by atoms with Crippen LogP contribution in [0.5, 0.6) is 0 Å². The SMILES string of the molecule is CNc1nccc(C(=O)Nc2ccncc2F)c1F. The third kappa shape index (κ3) is 2.65. The normalized spacial score (nSPS) is 10.1. The molecule has 2 rings (SSSR count). The van der Waals surface area contributed by atoms with E-state index in [1.54, 1.807) is 0 Å². The Labute approximate surface area is 107 Å². The largest absolute Gasteiger partial charge is 0.371 e. The topological polar surface area (TPSA) is 66.9 Å². The van der Waals surface area contributed by atoms with E-state index in [1.165, 1.54) is 31.6 Å². The number of anilines is 2. The summed E-state index contributed by atoms with van der Waals surface area (Å²) in [7, 11) is 1.48. The predicted octanol–water partition coefficient (Wildman–Crippen LogP) is 2.05. The van der Waals surface area contributed by atoms with E-state index in [1.807, 2.05) is 0 Å². The molecular weight excluding hydrogens is 254 g/mol. The molecule has 0 aromatic carbocycles. The van der Waals surface area contributed by atoms with E-state index in [2.05, 4.69) is 20.6 Å². The lowest BCUT2D eigenvalue weighted by Gasteiger charge is -2.08. The molecule has 1 amide bonds. The molecule has 0 unspecified atom stereocenters. The van der Waals surface area contributed by atoms with Gasteiger partial charge in [-0.2, -0.15) is 0 Å². The van der Waals surface area contributed by atoms with Gasteiger partial charge in [-0.1, -0.05) is 0 Å². The highest BCUT2D eigenvalue weighted by Crippen LogP contribution is 2.17. The molecule has 2 N–H and O–H groups in total. The summed E-state index contributed by atoms with van der Waals surface area (Å²) in [4.78, 5) is 19.1. The smallest absolute Gasteiger partial charge is 0.258 e. The number of nitrogens with zero attached hydrogens (tertiary/aromatic N) is 2. The van der Waals surface area contributed by atoms with Crippen molar-refractivity contribution in [2.45, 2.75) is 0 Å². The summed E-state index contributed by atoms with van der Waals surface area (Å²) < 4.78 is 27.2. The van der Waals surface area contributed by atoms with Crippen molar-refractivity contribution < 1.29 is 13.6 Å². The van der Waals surface area contributed by atoms with Crippen molar-refractivity contribution in [2.24, 2.45) is 0 Å². The van der Waals surface area contributed by atoms with Crippen LogP contribution in [0.25, 0.3) is 0 Å². The van der Waals surface area contributed by atoms with Crippen LogP contribution >= 0.6 is 0 Å². The minimum atomic E-state index is -0.794. The van der Waals surface area contributed by atoms with Crippen molar-refractivity contribution in [1.29, 1.82) is 0 Å². The molecule has 0 aliphatic carbocycles. The summed E-state index contributed by atoms with van der Waals surface area (Å²) in [5, 5.41) is 4.78. The molecule has 0 aliphatic heterocycles. The van der Waals surface area contributed by atoms with E-state index >= 15 is 0 Å². The molecule has 98 valence electrons. The number of nitrogens with one attached hydrogen (secondary N) is 2. The summed E-state index contributed by atoms with van der Waals surface area (Å²) in [6.45, 7) is 0. The minimum absolute atomic E-state index is 0.0529. The summed E-state index contributed by atoms with van der Waals surface area (Å²) >= 11 is 0. The van der Waals surface area contributed by atoms with Gasteiger partial charge in [0, 0.05) is 19.4 Å². The quantitative estimate of drug-likeness (QED) is 0.890. The van der Waals surface area contributed by atoms with E-state index in [4.69, 9.17) is 0 Å². The van der Waals surface area contributed by atoms with Crippen molar-refractivity contribution in [3.63, 3.8) is 0 Å². The van der Waals surface area contributed by atoms with Gasteiger partial charge in [-0.25, -0.2) is 13.8 Å². The van der Waals surface area contributed by atoms with Crippen molar-refractivity contribution >= 4 is 17.4 Å². The number of pyridine rings is 2. The lowest BCUT2D eigenvalue weighted by Crippen LogP contribution is -2.16. The Hall–Kier alpha value is -2.57. The lowest BCUT2D eigenvalue weighted by molar-refractivity contribution is 0.102. The summed E-state index contributed by atoms with van der Waals surface area (Å²) in [6, 6.07) is 2.50. The van der Waals surface area contributed by atoms with Crippen LogP contribution in [0.3, 0.4) is 0 Å². The fourth-order valence-corrected chi connectivity index (χ4v) is 1.46. The second-order valence-electron chi connectivity index (χ2n) is 3.58. The zero-order valence-electron chi connectivity index (χ0n) is 9.95. The van der Waals surface area contributed by atoms with Gasteiger partial charge in [0.05, 0.1) is 17.4 Å². The fourth-order valence-electron chi connectivity index (χ4n) is 1.46. The van der Waals surface area contributed by atoms with Gasteiger partial charge >= 0.3 is 0 Å². The molecule has 7 heteroatoms. The first-order valence-electron chi connectivity index (χ1n) is 5.36. The van der Waals surface area contributed by atoms with E-state index in [0.29, 0.717) is 0 Å². The van der Waals surface area contributed by atoms with Gasteiger partial charge in [0.15, 0.2) is 17.5 Å². The summed E-state index contributed by atoms with van der Waals surface area (Å²) in [5.74, 6) is -2.31. The van der Waals surface area contributed by atoms with Crippen LogP contribution in [-0.2, 0) is 0 Å². The Morgan fingerprint density at radius 3 is 2.74 bits per heavy atom. The number of amides is 1.